The Morgan fingerprint density at radius 1 is 1.00 bits per heavy atom. The molecule has 0 aliphatic rings. The monoisotopic (exact) mass is 466 g/mol. The lowest BCUT2D eigenvalue weighted by molar-refractivity contribution is 0.415. The number of nitrogen functional groups attached to an aromatic ring is 1. The third kappa shape index (κ3) is 5.09. The summed E-state index contributed by atoms with van der Waals surface area (Å²) in [4.78, 5) is 19.4. The van der Waals surface area contributed by atoms with Crippen molar-refractivity contribution in [3.8, 4) is 5.75 Å². The van der Waals surface area contributed by atoms with E-state index < -0.39 is 0 Å². The first-order valence-corrected chi connectivity index (χ1v) is 11.1. The van der Waals surface area contributed by atoms with Crippen molar-refractivity contribution in [3.63, 3.8) is 0 Å². The van der Waals surface area contributed by atoms with Crippen LogP contribution in [0.25, 0.3) is 21.8 Å². The van der Waals surface area contributed by atoms with Gasteiger partial charge in [0.05, 0.1) is 23.8 Å². The second kappa shape index (κ2) is 9.91. The largest absolute Gasteiger partial charge is 0.497 e. The van der Waals surface area contributed by atoms with Crippen molar-refractivity contribution in [1.82, 2.24) is 19.9 Å². The molecule has 10 heteroatoms. The van der Waals surface area contributed by atoms with Gasteiger partial charge in [-0.25, -0.2) is 4.98 Å². The highest BCUT2D eigenvalue weighted by Crippen LogP contribution is 2.34. The average molecular weight is 467 g/mol. The molecule has 172 valence electrons. The van der Waals surface area contributed by atoms with Crippen LogP contribution in [0, 0.1) is 0 Å². The molecular formula is C23H27ClN8O. The summed E-state index contributed by atoms with van der Waals surface area (Å²) in [7, 11) is 5.36. The number of aromatic nitrogens is 4. The van der Waals surface area contributed by atoms with Gasteiger partial charge in [-0.2, -0.15) is 15.0 Å². The molecule has 0 aliphatic heterocycles. The molecule has 0 fully saturated rings. The van der Waals surface area contributed by atoms with Crippen LogP contribution in [0.3, 0.4) is 0 Å². The lowest BCUT2D eigenvalue weighted by atomic mass is 10.1. The highest BCUT2D eigenvalue weighted by molar-refractivity contribution is 6.31. The summed E-state index contributed by atoms with van der Waals surface area (Å²) in [5, 5.41) is 9.22. The number of unbranched alkanes of at least 4 members (excludes halogenated alkanes) is 1. The number of nitrogens with one attached hydrogen (secondary N) is 2. The molecule has 0 radical (unpaired) electrons. The number of benzene rings is 2. The summed E-state index contributed by atoms with van der Waals surface area (Å²) in [6.45, 7) is 1.58. The van der Waals surface area contributed by atoms with Crippen molar-refractivity contribution >= 4 is 56.9 Å². The van der Waals surface area contributed by atoms with Crippen molar-refractivity contribution in [2.75, 3.05) is 55.6 Å². The maximum absolute atomic E-state index is 6.21. The molecule has 2 aromatic heterocycles. The number of ether oxygens (including phenoxy) is 1. The number of methoxy groups -OCH3 is 1. The summed E-state index contributed by atoms with van der Waals surface area (Å²) < 4.78 is 5.43. The Bertz CT molecular complexity index is 1280. The SMILES string of the molecule is CNc1nc(N)nc(N(C)CCCCNc2c3ccc(Cl)cc3nc3ccc(OC)cc23)n1. The summed E-state index contributed by atoms with van der Waals surface area (Å²) in [6.07, 6.45) is 1.90. The van der Waals surface area contributed by atoms with E-state index in [-0.39, 0.29) is 5.95 Å². The molecule has 9 nitrogen and oxygen atoms in total. The Hall–Kier alpha value is -3.59. The van der Waals surface area contributed by atoms with Gasteiger partial charge in [0, 0.05) is 43.0 Å². The molecule has 0 unspecified atom stereocenters. The minimum atomic E-state index is 0.199. The number of nitrogens with zero attached hydrogens (tertiary/aromatic N) is 5. The normalized spacial score (nSPS) is 11.0. The zero-order chi connectivity index (χ0) is 23.4. The van der Waals surface area contributed by atoms with E-state index in [4.69, 9.17) is 27.1 Å². The number of nitrogens with two attached hydrogens (primary N) is 1. The molecule has 4 aromatic rings. The van der Waals surface area contributed by atoms with E-state index in [0.717, 1.165) is 59.2 Å². The van der Waals surface area contributed by atoms with E-state index in [1.807, 2.05) is 48.3 Å². The Morgan fingerprint density at radius 2 is 1.85 bits per heavy atom. The standard InChI is InChI=1S/C23H27ClN8O/c1-26-22-29-21(25)30-23(31-22)32(2)11-5-4-10-27-20-16-8-6-14(24)12-19(16)28-18-9-7-15(33-3)13-17(18)20/h6-9,12-13H,4-5,10-11H2,1-3H3,(H,27,28)(H3,25,26,29,30,31). The van der Waals surface area contributed by atoms with Gasteiger partial charge in [-0.1, -0.05) is 11.6 Å². The van der Waals surface area contributed by atoms with E-state index in [2.05, 4.69) is 25.6 Å². The second-order valence-corrected chi connectivity index (χ2v) is 8.09. The summed E-state index contributed by atoms with van der Waals surface area (Å²) in [6, 6.07) is 11.7. The van der Waals surface area contributed by atoms with Gasteiger partial charge in [-0.15, -0.1) is 0 Å². The highest BCUT2D eigenvalue weighted by Gasteiger charge is 2.12. The molecule has 0 saturated heterocycles. The van der Waals surface area contributed by atoms with Crippen LogP contribution in [0.15, 0.2) is 36.4 Å². The maximum Gasteiger partial charge on any atom is 0.231 e. The third-order valence-corrected chi connectivity index (χ3v) is 5.61. The maximum atomic E-state index is 6.21. The number of halogens is 1. The number of hydrogen-bond donors (Lipinski definition) is 3. The van der Waals surface area contributed by atoms with Gasteiger partial charge < -0.3 is 26.0 Å². The van der Waals surface area contributed by atoms with Crippen LogP contribution in [0.4, 0.5) is 23.5 Å². The lowest BCUT2D eigenvalue weighted by Crippen LogP contribution is -2.23. The van der Waals surface area contributed by atoms with E-state index in [1.165, 1.54) is 0 Å². The number of anilines is 4. The molecule has 0 amide bonds. The Kier molecular flexibility index (Phi) is 6.79. The van der Waals surface area contributed by atoms with Crippen LogP contribution in [0.1, 0.15) is 12.8 Å². The Balaban J connectivity index is 1.47. The first-order valence-electron chi connectivity index (χ1n) is 10.7. The molecule has 0 saturated carbocycles. The van der Waals surface area contributed by atoms with Crippen LogP contribution in [-0.4, -0.2) is 54.2 Å². The fraction of sp³-hybridized carbons (Fsp3) is 0.304. The predicted octanol–water partition coefficient (Wildman–Crippen LogP) is 4.19. The average Bonchev–Trinajstić information content (AvgIpc) is 2.82. The van der Waals surface area contributed by atoms with Crippen molar-refractivity contribution in [2.45, 2.75) is 12.8 Å². The van der Waals surface area contributed by atoms with Crippen LogP contribution in [0.5, 0.6) is 5.75 Å². The molecule has 2 heterocycles. The zero-order valence-corrected chi connectivity index (χ0v) is 19.6. The van der Waals surface area contributed by atoms with Crippen molar-refractivity contribution in [2.24, 2.45) is 0 Å². The smallest absolute Gasteiger partial charge is 0.231 e. The first kappa shape index (κ1) is 22.6. The molecular weight excluding hydrogens is 440 g/mol. The molecule has 4 rings (SSSR count). The fourth-order valence-electron chi connectivity index (χ4n) is 3.66. The van der Waals surface area contributed by atoms with Crippen molar-refractivity contribution in [3.05, 3.63) is 41.4 Å². The molecule has 33 heavy (non-hydrogen) atoms. The van der Waals surface area contributed by atoms with Gasteiger partial charge in [-0.3, -0.25) is 0 Å². The predicted molar refractivity (Wildman–Crippen MR) is 136 cm³/mol. The Labute approximate surface area is 197 Å². The number of pyridine rings is 1. The Morgan fingerprint density at radius 3 is 2.64 bits per heavy atom. The first-order chi connectivity index (χ1) is 16.0. The van der Waals surface area contributed by atoms with Gasteiger partial charge in [0.1, 0.15) is 5.75 Å². The van der Waals surface area contributed by atoms with Gasteiger partial charge in [0.15, 0.2) is 0 Å². The molecule has 0 spiro atoms. The molecule has 0 atom stereocenters. The van der Waals surface area contributed by atoms with Crippen LogP contribution in [-0.2, 0) is 0 Å². The van der Waals surface area contributed by atoms with E-state index in [0.29, 0.717) is 16.9 Å². The molecule has 0 aliphatic carbocycles. The molecule has 4 N–H and O–H groups in total. The van der Waals surface area contributed by atoms with E-state index >= 15 is 0 Å². The zero-order valence-electron chi connectivity index (χ0n) is 18.9. The number of rotatable bonds is 9. The lowest BCUT2D eigenvalue weighted by Gasteiger charge is -2.18. The quantitative estimate of drug-likeness (QED) is 0.246. The second-order valence-electron chi connectivity index (χ2n) is 7.65. The summed E-state index contributed by atoms with van der Waals surface area (Å²) >= 11 is 6.21. The minimum Gasteiger partial charge on any atom is -0.497 e. The van der Waals surface area contributed by atoms with Gasteiger partial charge >= 0.3 is 0 Å². The van der Waals surface area contributed by atoms with Crippen LogP contribution in [0.2, 0.25) is 5.02 Å². The third-order valence-electron chi connectivity index (χ3n) is 5.37. The van der Waals surface area contributed by atoms with Crippen molar-refractivity contribution in [1.29, 1.82) is 0 Å². The topological polar surface area (TPSA) is 114 Å². The number of fused-ring (bicyclic) bond motifs is 2. The summed E-state index contributed by atoms with van der Waals surface area (Å²) in [5.74, 6) is 2.00. The van der Waals surface area contributed by atoms with Crippen LogP contribution >= 0.6 is 11.6 Å². The highest BCUT2D eigenvalue weighted by atomic mass is 35.5. The van der Waals surface area contributed by atoms with Gasteiger partial charge in [0.2, 0.25) is 17.8 Å². The van der Waals surface area contributed by atoms with E-state index in [1.54, 1.807) is 14.2 Å². The number of hydrogen-bond acceptors (Lipinski definition) is 9. The van der Waals surface area contributed by atoms with Gasteiger partial charge in [-0.05, 0) is 49.2 Å². The molecule has 2 aromatic carbocycles. The fourth-order valence-corrected chi connectivity index (χ4v) is 3.83. The minimum absolute atomic E-state index is 0.199. The molecule has 0 bridgehead atoms. The van der Waals surface area contributed by atoms with Gasteiger partial charge in [0.25, 0.3) is 0 Å². The summed E-state index contributed by atoms with van der Waals surface area (Å²) in [5.41, 5.74) is 8.55. The van der Waals surface area contributed by atoms with Crippen LogP contribution < -0.4 is 26.0 Å². The van der Waals surface area contributed by atoms with Crippen molar-refractivity contribution < 1.29 is 4.74 Å². The van der Waals surface area contributed by atoms with E-state index in [9.17, 15) is 0 Å².